The van der Waals surface area contributed by atoms with Gasteiger partial charge in [-0.05, 0) is 0 Å². The van der Waals surface area contributed by atoms with E-state index in [1.165, 1.54) is 13.4 Å². The van der Waals surface area contributed by atoms with Gasteiger partial charge in [0, 0.05) is 6.54 Å². The Bertz CT molecular complexity index is 380. The molecule has 0 unspecified atom stereocenters. The normalized spacial score (nSPS) is 9.40. The van der Waals surface area contributed by atoms with E-state index in [1.807, 2.05) is 0 Å². The van der Waals surface area contributed by atoms with Gasteiger partial charge in [0.1, 0.15) is 6.33 Å². The van der Waals surface area contributed by atoms with Crippen LogP contribution in [0.1, 0.15) is 0 Å². The molecule has 15 heavy (non-hydrogen) atoms. The van der Waals surface area contributed by atoms with Crippen LogP contribution in [0.25, 0.3) is 0 Å². The van der Waals surface area contributed by atoms with Gasteiger partial charge in [-0.25, -0.2) is 4.98 Å². The quantitative estimate of drug-likeness (QED) is 0.442. The van der Waals surface area contributed by atoms with Gasteiger partial charge >= 0.3 is 5.69 Å². The van der Waals surface area contributed by atoms with Crippen molar-refractivity contribution < 1.29 is 9.66 Å². The predicted octanol–water partition coefficient (Wildman–Crippen LogP) is 0.991. The average Bonchev–Trinajstić information content (AvgIpc) is 2.25. The summed E-state index contributed by atoms with van der Waals surface area (Å²) in [5.74, 6) is 0.0494. The molecule has 0 aliphatic carbocycles. The third-order valence-corrected chi connectivity index (χ3v) is 1.58. The molecule has 1 aromatic heterocycles. The fourth-order valence-electron chi connectivity index (χ4n) is 0.975. The first kappa shape index (κ1) is 10.9. The zero-order valence-electron chi connectivity index (χ0n) is 8.14. The minimum atomic E-state index is -0.593. The van der Waals surface area contributed by atoms with Gasteiger partial charge in [-0.15, -0.1) is 6.58 Å². The zero-order chi connectivity index (χ0) is 11.3. The highest BCUT2D eigenvalue weighted by molar-refractivity contribution is 5.61. The molecule has 7 heteroatoms. The van der Waals surface area contributed by atoms with Crippen molar-refractivity contribution in [3.05, 3.63) is 29.1 Å². The standard InChI is InChI=1S/C8H10N4O3/c1-3-4-9-7-6(12(13)14)8(15-2)11-5-10-7/h3,5H,1,4H2,2H3,(H,9,10,11). The van der Waals surface area contributed by atoms with Crippen LogP contribution in [0, 0.1) is 10.1 Å². The summed E-state index contributed by atoms with van der Waals surface area (Å²) in [7, 11) is 1.31. The lowest BCUT2D eigenvalue weighted by molar-refractivity contribution is -0.385. The van der Waals surface area contributed by atoms with E-state index in [0.29, 0.717) is 6.54 Å². The Hall–Kier alpha value is -2.18. The number of nitro groups is 1. The zero-order valence-corrected chi connectivity index (χ0v) is 8.14. The van der Waals surface area contributed by atoms with Crippen LogP contribution in [0.15, 0.2) is 19.0 Å². The highest BCUT2D eigenvalue weighted by atomic mass is 16.6. The topological polar surface area (TPSA) is 90.2 Å². The average molecular weight is 210 g/mol. The molecule has 80 valence electrons. The monoisotopic (exact) mass is 210 g/mol. The molecule has 0 aliphatic heterocycles. The van der Waals surface area contributed by atoms with Crippen LogP contribution in [-0.4, -0.2) is 28.5 Å². The molecule has 0 aliphatic rings. The van der Waals surface area contributed by atoms with Gasteiger partial charge < -0.3 is 10.1 Å². The van der Waals surface area contributed by atoms with E-state index in [9.17, 15) is 10.1 Å². The molecule has 1 aromatic rings. The summed E-state index contributed by atoms with van der Waals surface area (Å²) in [4.78, 5) is 17.6. The SMILES string of the molecule is C=CCNc1ncnc(OC)c1[N+](=O)[O-]. The molecule has 1 heterocycles. The number of aromatic nitrogens is 2. The number of nitrogens with one attached hydrogen (secondary N) is 1. The highest BCUT2D eigenvalue weighted by Gasteiger charge is 2.23. The van der Waals surface area contributed by atoms with Crippen LogP contribution in [0.5, 0.6) is 5.88 Å². The van der Waals surface area contributed by atoms with E-state index in [0.717, 1.165) is 0 Å². The summed E-state index contributed by atoms with van der Waals surface area (Å²) in [6.45, 7) is 3.86. The summed E-state index contributed by atoms with van der Waals surface area (Å²) in [6.07, 6.45) is 2.76. The third kappa shape index (κ3) is 2.39. The Balaban J connectivity index is 3.12. The Morgan fingerprint density at radius 1 is 1.73 bits per heavy atom. The Morgan fingerprint density at radius 3 is 3.00 bits per heavy atom. The second-order valence-electron chi connectivity index (χ2n) is 2.51. The molecule has 0 bridgehead atoms. The van der Waals surface area contributed by atoms with Crippen LogP contribution in [0.4, 0.5) is 11.5 Å². The molecular formula is C8H10N4O3. The van der Waals surface area contributed by atoms with Crippen LogP contribution in [0.3, 0.4) is 0 Å². The van der Waals surface area contributed by atoms with E-state index in [2.05, 4.69) is 21.9 Å². The smallest absolute Gasteiger partial charge is 0.372 e. The van der Waals surface area contributed by atoms with E-state index in [4.69, 9.17) is 4.74 Å². The molecular weight excluding hydrogens is 200 g/mol. The lowest BCUT2D eigenvalue weighted by Gasteiger charge is -2.05. The first-order chi connectivity index (χ1) is 7.20. The summed E-state index contributed by atoms with van der Waals surface area (Å²) >= 11 is 0. The van der Waals surface area contributed by atoms with E-state index < -0.39 is 4.92 Å². The van der Waals surface area contributed by atoms with Crippen molar-refractivity contribution in [2.75, 3.05) is 19.0 Å². The number of nitrogens with zero attached hydrogens (tertiary/aromatic N) is 3. The minimum absolute atomic E-state index is 0.0680. The van der Waals surface area contributed by atoms with Gasteiger partial charge in [-0.2, -0.15) is 4.98 Å². The second kappa shape index (κ2) is 4.89. The van der Waals surface area contributed by atoms with Crippen LogP contribution in [-0.2, 0) is 0 Å². The molecule has 1 rings (SSSR count). The molecule has 0 radical (unpaired) electrons. The lowest BCUT2D eigenvalue weighted by Crippen LogP contribution is -2.06. The van der Waals surface area contributed by atoms with Gasteiger partial charge in [-0.3, -0.25) is 10.1 Å². The predicted molar refractivity (Wildman–Crippen MR) is 53.9 cm³/mol. The first-order valence-electron chi connectivity index (χ1n) is 4.08. The molecule has 0 spiro atoms. The Morgan fingerprint density at radius 2 is 2.47 bits per heavy atom. The van der Waals surface area contributed by atoms with E-state index in [-0.39, 0.29) is 17.4 Å². The van der Waals surface area contributed by atoms with Gasteiger partial charge in [0.25, 0.3) is 5.88 Å². The summed E-state index contributed by atoms with van der Waals surface area (Å²) < 4.78 is 4.77. The number of hydrogen-bond donors (Lipinski definition) is 1. The van der Waals surface area contributed by atoms with Crippen molar-refractivity contribution in [1.82, 2.24) is 9.97 Å². The van der Waals surface area contributed by atoms with Gasteiger partial charge in [-0.1, -0.05) is 6.08 Å². The number of hydrogen-bond acceptors (Lipinski definition) is 6. The fourth-order valence-corrected chi connectivity index (χ4v) is 0.975. The molecule has 0 atom stereocenters. The summed E-state index contributed by atoms with van der Waals surface area (Å²) in [5, 5.41) is 13.5. The van der Waals surface area contributed by atoms with Crippen molar-refractivity contribution in [3.63, 3.8) is 0 Å². The second-order valence-corrected chi connectivity index (χ2v) is 2.51. The molecule has 0 amide bonds. The first-order valence-corrected chi connectivity index (χ1v) is 4.08. The van der Waals surface area contributed by atoms with Crippen LogP contribution >= 0.6 is 0 Å². The van der Waals surface area contributed by atoms with Crippen molar-refractivity contribution >= 4 is 11.5 Å². The maximum Gasteiger partial charge on any atom is 0.372 e. The number of ether oxygens (including phenoxy) is 1. The molecule has 0 saturated carbocycles. The number of methoxy groups -OCH3 is 1. The van der Waals surface area contributed by atoms with Crippen LogP contribution < -0.4 is 10.1 Å². The number of rotatable bonds is 5. The summed E-state index contributed by atoms with van der Waals surface area (Å²) in [5.41, 5.74) is -0.276. The van der Waals surface area contributed by atoms with Gasteiger partial charge in [0.05, 0.1) is 12.0 Å². The molecule has 1 N–H and O–H groups in total. The van der Waals surface area contributed by atoms with Crippen molar-refractivity contribution in [2.45, 2.75) is 0 Å². The van der Waals surface area contributed by atoms with Crippen molar-refractivity contribution in [3.8, 4) is 5.88 Å². The van der Waals surface area contributed by atoms with Gasteiger partial charge in [0.15, 0.2) is 0 Å². The number of anilines is 1. The Labute approximate surface area is 86.0 Å². The minimum Gasteiger partial charge on any atom is -0.476 e. The molecule has 7 nitrogen and oxygen atoms in total. The van der Waals surface area contributed by atoms with E-state index >= 15 is 0 Å². The van der Waals surface area contributed by atoms with Crippen LogP contribution in [0.2, 0.25) is 0 Å². The fraction of sp³-hybridized carbons (Fsp3) is 0.250. The van der Waals surface area contributed by atoms with Crippen molar-refractivity contribution in [1.29, 1.82) is 0 Å². The lowest BCUT2D eigenvalue weighted by atomic mass is 10.4. The summed E-state index contributed by atoms with van der Waals surface area (Å²) in [6, 6.07) is 0. The molecule has 0 fully saturated rings. The maximum atomic E-state index is 10.7. The Kier molecular flexibility index (Phi) is 3.55. The van der Waals surface area contributed by atoms with E-state index in [1.54, 1.807) is 6.08 Å². The molecule has 0 aromatic carbocycles. The maximum absolute atomic E-state index is 10.7. The third-order valence-electron chi connectivity index (χ3n) is 1.58. The highest BCUT2D eigenvalue weighted by Crippen LogP contribution is 2.29. The van der Waals surface area contributed by atoms with Gasteiger partial charge in [0.2, 0.25) is 5.82 Å². The molecule has 0 saturated heterocycles. The van der Waals surface area contributed by atoms with Crippen molar-refractivity contribution in [2.24, 2.45) is 0 Å². The largest absolute Gasteiger partial charge is 0.476 e.